The summed E-state index contributed by atoms with van der Waals surface area (Å²) in [4.78, 5) is 14.7. The van der Waals surface area contributed by atoms with Crippen LogP contribution in [-0.4, -0.2) is 4.98 Å². The standard InChI is InChI=1S/C10H4ClIN2O/c11-6-1-7-9(8(12)2-6)14-4-5(3-13)10(7)15/h1-2,4H,(H,14,15). The predicted molar refractivity (Wildman–Crippen MR) is 67.0 cm³/mol. The van der Waals surface area contributed by atoms with Crippen LogP contribution >= 0.6 is 34.2 Å². The number of hydrogen-bond donors (Lipinski definition) is 1. The predicted octanol–water partition coefficient (Wildman–Crippen LogP) is 2.66. The highest BCUT2D eigenvalue weighted by Crippen LogP contribution is 2.21. The quantitative estimate of drug-likeness (QED) is 0.755. The van der Waals surface area contributed by atoms with Crippen molar-refractivity contribution in [1.29, 1.82) is 5.26 Å². The summed E-state index contributed by atoms with van der Waals surface area (Å²) in [5.74, 6) is 0. The summed E-state index contributed by atoms with van der Waals surface area (Å²) >= 11 is 7.94. The van der Waals surface area contributed by atoms with Gasteiger partial charge in [0.1, 0.15) is 11.6 Å². The van der Waals surface area contributed by atoms with E-state index in [0.29, 0.717) is 15.9 Å². The summed E-state index contributed by atoms with van der Waals surface area (Å²) in [5.41, 5.74) is 0.524. The molecule has 0 unspecified atom stereocenters. The molecular weight excluding hydrogens is 326 g/mol. The van der Waals surface area contributed by atoms with E-state index in [1.165, 1.54) is 6.20 Å². The third-order valence-electron chi connectivity index (χ3n) is 2.03. The maximum atomic E-state index is 11.8. The number of nitrogens with zero attached hydrogens (tertiary/aromatic N) is 1. The number of pyridine rings is 1. The van der Waals surface area contributed by atoms with Crippen molar-refractivity contribution in [2.24, 2.45) is 0 Å². The molecule has 0 atom stereocenters. The number of rotatable bonds is 0. The van der Waals surface area contributed by atoms with Gasteiger partial charge in [-0.2, -0.15) is 5.26 Å². The minimum atomic E-state index is -0.285. The van der Waals surface area contributed by atoms with Gasteiger partial charge in [-0.15, -0.1) is 0 Å². The van der Waals surface area contributed by atoms with Gasteiger partial charge in [-0.05, 0) is 34.7 Å². The second kappa shape index (κ2) is 3.83. The molecule has 1 aromatic carbocycles. The van der Waals surface area contributed by atoms with Crippen LogP contribution in [0.3, 0.4) is 0 Å². The number of nitrogens with one attached hydrogen (secondary N) is 1. The van der Waals surface area contributed by atoms with Crippen molar-refractivity contribution in [1.82, 2.24) is 4.98 Å². The van der Waals surface area contributed by atoms with Crippen LogP contribution in [0, 0.1) is 14.9 Å². The molecule has 0 aliphatic rings. The van der Waals surface area contributed by atoms with Crippen LogP contribution in [0.25, 0.3) is 10.9 Å². The summed E-state index contributed by atoms with van der Waals surface area (Å²) in [6, 6.07) is 5.16. The molecule has 5 heteroatoms. The normalized spacial score (nSPS) is 10.2. The summed E-state index contributed by atoms with van der Waals surface area (Å²) in [7, 11) is 0. The van der Waals surface area contributed by atoms with Crippen molar-refractivity contribution >= 4 is 45.1 Å². The average Bonchev–Trinajstić information content (AvgIpc) is 2.19. The van der Waals surface area contributed by atoms with Crippen LogP contribution in [0.5, 0.6) is 0 Å². The maximum Gasteiger partial charge on any atom is 0.207 e. The summed E-state index contributed by atoms with van der Waals surface area (Å²) < 4.78 is 0.858. The molecule has 0 amide bonds. The van der Waals surface area contributed by atoms with Gasteiger partial charge < -0.3 is 4.98 Å². The summed E-state index contributed by atoms with van der Waals surface area (Å²) in [6.07, 6.45) is 1.42. The first-order valence-corrected chi connectivity index (χ1v) is 5.49. The fourth-order valence-corrected chi connectivity index (χ4v) is 2.52. The smallest absolute Gasteiger partial charge is 0.207 e. The minimum absolute atomic E-state index is 0.0977. The first-order chi connectivity index (χ1) is 7.13. The zero-order chi connectivity index (χ0) is 11.0. The Bertz CT molecular complexity index is 642. The molecule has 0 saturated carbocycles. The molecule has 1 heterocycles. The molecule has 0 aliphatic carbocycles. The Morgan fingerprint density at radius 1 is 1.47 bits per heavy atom. The molecular formula is C10H4ClIN2O. The molecule has 1 aromatic heterocycles. The second-order valence-corrected chi connectivity index (χ2v) is 4.55. The van der Waals surface area contributed by atoms with Crippen molar-refractivity contribution < 1.29 is 0 Å². The molecule has 0 bridgehead atoms. The van der Waals surface area contributed by atoms with Crippen molar-refractivity contribution in [3.63, 3.8) is 0 Å². The second-order valence-electron chi connectivity index (χ2n) is 2.95. The Labute approximate surface area is 104 Å². The van der Waals surface area contributed by atoms with Gasteiger partial charge in [0.25, 0.3) is 0 Å². The fraction of sp³-hybridized carbons (Fsp3) is 0. The highest BCUT2D eigenvalue weighted by atomic mass is 127. The molecule has 1 N–H and O–H groups in total. The Morgan fingerprint density at radius 3 is 2.87 bits per heavy atom. The Kier molecular flexibility index (Phi) is 2.67. The largest absolute Gasteiger partial charge is 0.359 e. The number of benzene rings is 1. The molecule has 0 radical (unpaired) electrons. The SMILES string of the molecule is N#Cc1c[nH]c2c(I)cc(Cl)cc2c1=O. The van der Waals surface area contributed by atoms with Crippen LogP contribution < -0.4 is 5.43 Å². The van der Waals surface area contributed by atoms with E-state index in [1.807, 2.05) is 6.07 Å². The zero-order valence-electron chi connectivity index (χ0n) is 7.34. The van der Waals surface area contributed by atoms with Crippen molar-refractivity contribution in [3.8, 4) is 6.07 Å². The van der Waals surface area contributed by atoms with Crippen LogP contribution in [0.1, 0.15) is 5.56 Å². The van der Waals surface area contributed by atoms with E-state index in [-0.39, 0.29) is 11.0 Å². The molecule has 2 aromatic rings. The van der Waals surface area contributed by atoms with Gasteiger partial charge in [0.05, 0.1) is 5.52 Å². The van der Waals surface area contributed by atoms with Gasteiger partial charge in [0, 0.05) is 20.2 Å². The van der Waals surface area contributed by atoms with Gasteiger partial charge in [-0.1, -0.05) is 11.6 Å². The van der Waals surface area contributed by atoms with Gasteiger partial charge >= 0.3 is 0 Å². The Balaban J connectivity index is 3.01. The van der Waals surface area contributed by atoms with E-state index in [4.69, 9.17) is 16.9 Å². The number of nitriles is 1. The first-order valence-electron chi connectivity index (χ1n) is 4.04. The monoisotopic (exact) mass is 330 g/mol. The van der Waals surface area contributed by atoms with Crippen molar-refractivity contribution in [2.45, 2.75) is 0 Å². The van der Waals surface area contributed by atoms with Crippen LogP contribution in [0.15, 0.2) is 23.1 Å². The van der Waals surface area contributed by atoms with Gasteiger partial charge in [-0.3, -0.25) is 4.79 Å². The van der Waals surface area contributed by atoms with E-state index >= 15 is 0 Å². The van der Waals surface area contributed by atoms with E-state index in [0.717, 1.165) is 3.57 Å². The zero-order valence-corrected chi connectivity index (χ0v) is 10.3. The molecule has 15 heavy (non-hydrogen) atoms. The lowest BCUT2D eigenvalue weighted by Gasteiger charge is -2.01. The van der Waals surface area contributed by atoms with Crippen molar-refractivity contribution in [3.05, 3.63) is 42.7 Å². The molecule has 0 spiro atoms. The molecule has 3 nitrogen and oxygen atoms in total. The maximum absolute atomic E-state index is 11.8. The highest BCUT2D eigenvalue weighted by molar-refractivity contribution is 14.1. The van der Waals surface area contributed by atoms with Crippen LogP contribution in [-0.2, 0) is 0 Å². The Hall–Kier alpha value is -1.06. The average molecular weight is 331 g/mol. The molecule has 2 rings (SSSR count). The van der Waals surface area contributed by atoms with Gasteiger partial charge in [0.2, 0.25) is 5.43 Å². The first kappa shape index (κ1) is 10.5. The number of H-pyrrole nitrogens is 1. The lowest BCUT2D eigenvalue weighted by atomic mass is 10.1. The third kappa shape index (κ3) is 1.73. The third-order valence-corrected chi connectivity index (χ3v) is 3.09. The van der Waals surface area contributed by atoms with Crippen molar-refractivity contribution in [2.75, 3.05) is 0 Å². The number of halogens is 2. The van der Waals surface area contributed by atoms with E-state index in [2.05, 4.69) is 27.6 Å². The Morgan fingerprint density at radius 2 is 2.20 bits per heavy atom. The number of aromatic amines is 1. The van der Waals surface area contributed by atoms with E-state index < -0.39 is 0 Å². The topological polar surface area (TPSA) is 56.6 Å². The van der Waals surface area contributed by atoms with Crippen LogP contribution in [0.2, 0.25) is 5.02 Å². The molecule has 0 fully saturated rings. The highest BCUT2D eigenvalue weighted by Gasteiger charge is 2.07. The summed E-state index contributed by atoms with van der Waals surface area (Å²) in [5, 5.41) is 9.65. The molecule has 0 aliphatic heterocycles. The molecule has 0 saturated heterocycles. The number of hydrogen-bond acceptors (Lipinski definition) is 2. The lowest BCUT2D eigenvalue weighted by Crippen LogP contribution is -2.07. The van der Waals surface area contributed by atoms with Crippen LogP contribution in [0.4, 0.5) is 0 Å². The number of aromatic nitrogens is 1. The summed E-state index contributed by atoms with van der Waals surface area (Å²) in [6.45, 7) is 0. The van der Waals surface area contributed by atoms with E-state index in [1.54, 1.807) is 12.1 Å². The fourth-order valence-electron chi connectivity index (χ4n) is 1.34. The number of fused-ring (bicyclic) bond motifs is 1. The van der Waals surface area contributed by atoms with Gasteiger partial charge in [-0.25, -0.2) is 0 Å². The van der Waals surface area contributed by atoms with Gasteiger partial charge in [0.15, 0.2) is 0 Å². The van der Waals surface area contributed by atoms with E-state index in [9.17, 15) is 4.79 Å². The minimum Gasteiger partial charge on any atom is -0.359 e. The lowest BCUT2D eigenvalue weighted by molar-refractivity contribution is 1.34. The molecule has 74 valence electrons.